The zero-order chi connectivity index (χ0) is 22.8. The number of aromatic amines is 1. The molecule has 2 aromatic heterocycles. The second-order valence-corrected chi connectivity index (χ2v) is 9.85. The lowest BCUT2D eigenvalue weighted by Gasteiger charge is -2.32. The molecule has 2 amide bonds. The molecule has 0 saturated carbocycles. The van der Waals surface area contributed by atoms with Crippen molar-refractivity contribution in [3.8, 4) is 0 Å². The summed E-state index contributed by atoms with van der Waals surface area (Å²) < 4.78 is 17.1. The smallest absolute Gasteiger partial charge is 0.259 e. The molecule has 0 fully saturated rings. The third-order valence-corrected chi connectivity index (χ3v) is 7.58. The summed E-state index contributed by atoms with van der Waals surface area (Å²) in [7, 11) is 0. The van der Waals surface area contributed by atoms with Crippen molar-refractivity contribution >= 4 is 67.8 Å². The molecular formula is C26H22ClFN4O2. The summed E-state index contributed by atoms with van der Waals surface area (Å²) in [5.41, 5.74) is 11.7. The van der Waals surface area contributed by atoms with Gasteiger partial charge in [0.25, 0.3) is 11.8 Å². The number of aryl methyl sites for hydroxylation is 1. The first-order chi connectivity index (χ1) is 15.8. The quantitative estimate of drug-likeness (QED) is 0.297. The van der Waals surface area contributed by atoms with E-state index in [0.717, 1.165) is 56.9 Å². The number of carbonyl (C=O) groups is 2. The van der Waals surface area contributed by atoms with Crippen LogP contribution in [0.15, 0.2) is 30.3 Å². The van der Waals surface area contributed by atoms with Crippen molar-refractivity contribution in [2.24, 2.45) is 5.73 Å². The largest absolute Gasteiger partial charge is 0.353 e. The van der Waals surface area contributed by atoms with Crippen LogP contribution in [0.25, 0.3) is 43.6 Å². The maximum absolute atomic E-state index is 14.9. The molecule has 0 spiro atoms. The number of carbonyl (C=O) groups excluding carboxylic acids is 2. The minimum Gasteiger partial charge on any atom is -0.353 e. The van der Waals surface area contributed by atoms with E-state index in [4.69, 9.17) is 5.73 Å². The van der Waals surface area contributed by atoms with Gasteiger partial charge in [0.1, 0.15) is 5.82 Å². The summed E-state index contributed by atoms with van der Waals surface area (Å²) in [6.45, 7) is 5.38. The Morgan fingerprint density at radius 1 is 1.03 bits per heavy atom. The molecule has 4 N–H and O–H groups in total. The van der Waals surface area contributed by atoms with Gasteiger partial charge in [0.05, 0.1) is 27.7 Å². The molecule has 0 bridgehead atoms. The zero-order valence-corrected chi connectivity index (χ0v) is 19.5. The Morgan fingerprint density at radius 2 is 1.76 bits per heavy atom. The topological polar surface area (TPSA) is 92.9 Å². The van der Waals surface area contributed by atoms with Crippen LogP contribution >= 0.6 is 12.4 Å². The van der Waals surface area contributed by atoms with Crippen molar-refractivity contribution in [3.63, 3.8) is 0 Å². The van der Waals surface area contributed by atoms with Crippen LogP contribution in [-0.4, -0.2) is 21.4 Å². The molecule has 7 rings (SSSR count). The average Bonchev–Trinajstić information content (AvgIpc) is 3.40. The Hall–Kier alpha value is -3.42. The number of imide groups is 1. The minimum atomic E-state index is -0.432. The molecule has 0 atom stereocenters. The second-order valence-electron chi connectivity index (χ2n) is 9.85. The van der Waals surface area contributed by atoms with Crippen LogP contribution in [0.5, 0.6) is 0 Å². The molecule has 0 saturated heterocycles. The number of nitrogens with two attached hydrogens (primary N) is 1. The molecule has 0 radical (unpaired) electrons. The summed E-state index contributed by atoms with van der Waals surface area (Å²) in [4.78, 5) is 29.6. The lowest BCUT2D eigenvalue weighted by atomic mass is 9.78. The summed E-state index contributed by atoms with van der Waals surface area (Å²) in [6.07, 6.45) is 0.837. The monoisotopic (exact) mass is 476 g/mol. The van der Waals surface area contributed by atoms with Gasteiger partial charge >= 0.3 is 0 Å². The van der Waals surface area contributed by atoms with Gasteiger partial charge in [-0.15, -0.1) is 12.4 Å². The third-order valence-electron chi connectivity index (χ3n) is 7.58. The summed E-state index contributed by atoms with van der Waals surface area (Å²) in [6, 6.07) is 8.98. The number of fused-ring (bicyclic) bond motifs is 10. The Balaban J connectivity index is 0.00000217. The van der Waals surface area contributed by atoms with Crippen LogP contribution in [0, 0.1) is 5.82 Å². The van der Waals surface area contributed by atoms with Gasteiger partial charge in [-0.3, -0.25) is 14.9 Å². The maximum Gasteiger partial charge on any atom is 0.259 e. The van der Waals surface area contributed by atoms with Gasteiger partial charge < -0.3 is 15.3 Å². The van der Waals surface area contributed by atoms with E-state index < -0.39 is 11.8 Å². The van der Waals surface area contributed by atoms with Crippen molar-refractivity contribution in [3.05, 3.63) is 58.4 Å². The number of benzene rings is 3. The molecule has 0 aliphatic carbocycles. The molecule has 34 heavy (non-hydrogen) atoms. The van der Waals surface area contributed by atoms with Gasteiger partial charge in [-0.2, -0.15) is 0 Å². The standard InChI is InChI=1S/C26H21FN4O2.ClH/c1-26(2)5-6-31-22-14(8-12(27)9-15(22)26)18-20-19(24(32)30-25(20)33)17-13-4-3-11(10-28)7-16(13)29-21(17)23(18)31;/h3-4,7-9,29H,5-6,10,28H2,1-2H3,(H,30,32,33);1H. The molecule has 6 nitrogen and oxygen atoms in total. The number of nitrogens with one attached hydrogen (secondary N) is 2. The molecule has 172 valence electrons. The van der Waals surface area contributed by atoms with E-state index >= 15 is 0 Å². The molecule has 8 heteroatoms. The molecule has 2 aliphatic rings. The fourth-order valence-corrected chi connectivity index (χ4v) is 5.97. The first-order valence-corrected chi connectivity index (χ1v) is 11.1. The number of amides is 2. The van der Waals surface area contributed by atoms with E-state index in [1.54, 1.807) is 6.07 Å². The molecule has 3 aromatic carbocycles. The van der Waals surface area contributed by atoms with Crippen molar-refractivity contribution in [2.45, 2.75) is 38.8 Å². The van der Waals surface area contributed by atoms with Gasteiger partial charge in [0.2, 0.25) is 0 Å². The van der Waals surface area contributed by atoms with Crippen LogP contribution in [-0.2, 0) is 18.5 Å². The Kier molecular flexibility index (Phi) is 4.09. The highest BCUT2D eigenvalue weighted by molar-refractivity contribution is 6.39. The maximum atomic E-state index is 14.9. The first kappa shape index (κ1) is 21.1. The van der Waals surface area contributed by atoms with E-state index in [0.29, 0.717) is 28.4 Å². The van der Waals surface area contributed by atoms with Crippen LogP contribution in [0.2, 0.25) is 0 Å². The Bertz CT molecular complexity index is 1760. The van der Waals surface area contributed by atoms with Gasteiger partial charge in [0, 0.05) is 40.2 Å². The normalized spacial score (nSPS) is 16.5. The zero-order valence-electron chi connectivity index (χ0n) is 18.6. The van der Waals surface area contributed by atoms with Gasteiger partial charge in [-0.25, -0.2) is 4.39 Å². The van der Waals surface area contributed by atoms with Crippen molar-refractivity contribution < 1.29 is 14.0 Å². The lowest BCUT2D eigenvalue weighted by Crippen LogP contribution is -2.25. The number of aromatic nitrogens is 2. The van der Waals surface area contributed by atoms with Crippen molar-refractivity contribution in [2.75, 3.05) is 0 Å². The highest BCUT2D eigenvalue weighted by Crippen LogP contribution is 2.48. The predicted octanol–water partition coefficient (Wildman–Crippen LogP) is 5.01. The molecule has 2 aliphatic heterocycles. The fourth-order valence-electron chi connectivity index (χ4n) is 5.97. The molecule has 0 unspecified atom stereocenters. The van der Waals surface area contributed by atoms with Gasteiger partial charge in [-0.05, 0) is 41.2 Å². The molecule has 5 aromatic rings. The Morgan fingerprint density at radius 3 is 2.50 bits per heavy atom. The lowest BCUT2D eigenvalue weighted by molar-refractivity contribution is 0.0880. The average molecular weight is 477 g/mol. The molecule has 4 heterocycles. The summed E-state index contributed by atoms with van der Waals surface area (Å²) in [5, 5.41) is 5.39. The number of halogens is 2. The number of nitrogens with zero attached hydrogens (tertiary/aromatic N) is 1. The summed E-state index contributed by atoms with van der Waals surface area (Å²) >= 11 is 0. The second kappa shape index (κ2) is 6.58. The predicted molar refractivity (Wildman–Crippen MR) is 133 cm³/mol. The number of rotatable bonds is 1. The first-order valence-electron chi connectivity index (χ1n) is 11.1. The van der Waals surface area contributed by atoms with E-state index in [2.05, 4.69) is 28.7 Å². The van der Waals surface area contributed by atoms with E-state index in [9.17, 15) is 14.0 Å². The van der Waals surface area contributed by atoms with E-state index in [1.807, 2.05) is 18.2 Å². The van der Waals surface area contributed by atoms with Gasteiger partial charge in [-0.1, -0.05) is 26.0 Å². The van der Waals surface area contributed by atoms with E-state index in [1.165, 1.54) is 6.07 Å². The van der Waals surface area contributed by atoms with Crippen LogP contribution < -0.4 is 11.1 Å². The van der Waals surface area contributed by atoms with E-state index in [-0.39, 0.29) is 23.6 Å². The van der Waals surface area contributed by atoms with Crippen molar-refractivity contribution in [1.29, 1.82) is 0 Å². The Labute approximate surface area is 199 Å². The highest BCUT2D eigenvalue weighted by atomic mass is 35.5. The van der Waals surface area contributed by atoms with Crippen LogP contribution in [0.4, 0.5) is 4.39 Å². The van der Waals surface area contributed by atoms with Crippen molar-refractivity contribution in [1.82, 2.24) is 14.9 Å². The number of H-pyrrole nitrogens is 1. The third kappa shape index (κ3) is 2.38. The SMILES string of the molecule is CC1(C)CCn2c3c1cc(F)cc3c1c3c(c4c5ccc(CN)cc5[nH]c4c12)C(=O)NC3=O.Cl. The minimum absolute atomic E-state index is 0. The fraction of sp³-hybridized carbons (Fsp3) is 0.231. The van der Waals surface area contributed by atoms with Crippen LogP contribution in [0.1, 0.15) is 52.1 Å². The molecular weight excluding hydrogens is 455 g/mol. The van der Waals surface area contributed by atoms with Gasteiger partial charge in [0.15, 0.2) is 0 Å². The number of hydrogen-bond acceptors (Lipinski definition) is 3. The van der Waals surface area contributed by atoms with Crippen LogP contribution in [0.3, 0.4) is 0 Å². The highest BCUT2D eigenvalue weighted by Gasteiger charge is 2.38. The number of hydrogen-bond donors (Lipinski definition) is 3. The summed E-state index contributed by atoms with van der Waals surface area (Å²) in [5.74, 6) is -1.19.